The quantitative estimate of drug-likeness (QED) is 0.620. The van der Waals surface area contributed by atoms with Gasteiger partial charge in [0.05, 0.1) is 18.9 Å². The summed E-state index contributed by atoms with van der Waals surface area (Å²) in [7, 11) is 0. The Morgan fingerprint density at radius 1 is 1.23 bits per heavy atom. The van der Waals surface area contributed by atoms with Crippen molar-refractivity contribution in [3.05, 3.63) is 28.4 Å². The molecular weight excluding hydrogens is 284 g/mol. The van der Waals surface area contributed by atoms with Crippen LogP contribution in [0.4, 0.5) is 11.5 Å². The molecule has 7 heteroatoms. The monoisotopic (exact) mass is 306 g/mol. The molecule has 7 nitrogen and oxygen atoms in total. The van der Waals surface area contributed by atoms with Crippen molar-refractivity contribution in [3.8, 4) is 0 Å². The van der Waals surface area contributed by atoms with E-state index in [2.05, 4.69) is 14.8 Å². The van der Waals surface area contributed by atoms with Gasteiger partial charge in [0.1, 0.15) is 0 Å². The largest absolute Gasteiger partial charge is 0.379 e. The third-order valence-corrected chi connectivity index (χ3v) is 4.52. The van der Waals surface area contributed by atoms with E-state index in [0.29, 0.717) is 0 Å². The lowest BCUT2D eigenvalue weighted by Gasteiger charge is -2.36. The van der Waals surface area contributed by atoms with Gasteiger partial charge in [-0.2, -0.15) is 0 Å². The number of nitro groups is 1. The highest BCUT2D eigenvalue weighted by Gasteiger charge is 2.23. The van der Waals surface area contributed by atoms with E-state index >= 15 is 0 Å². The molecule has 0 aliphatic carbocycles. The van der Waals surface area contributed by atoms with Gasteiger partial charge in [-0.05, 0) is 34.7 Å². The topological polar surface area (TPSA) is 71.7 Å². The van der Waals surface area contributed by atoms with Gasteiger partial charge in [-0.25, -0.2) is 0 Å². The molecule has 120 valence electrons. The van der Waals surface area contributed by atoms with E-state index in [1.807, 2.05) is 0 Å². The van der Waals surface area contributed by atoms with E-state index < -0.39 is 4.92 Å². The van der Waals surface area contributed by atoms with Crippen LogP contribution in [0.15, 0.2) is 18.3 Å². The van der Waals surface area contributed by atoms with E-state index in [1.54, 1.807) is 12.3 Å². The predicted octanol–water partition coefficient (Wildman–Crippen LogP) is 1.54. The van der Waals surface area contributed by atoms with Gasteiger partial charge in [0.25, 0.3) is 0 Å². The number of pyridine rings is 1. The Labute approximate surface area is 130 Å². The normalized spacial score (nSPS) is 21.0. The number of rotatable bonds is 4. The molecule has 0 radical (unpaired) electrons. The first-order valence-electron chi connectivity index (χ1n) is 7.88. The molecular formula is C15H22N4O3. The van der Waals surface area contributed by atoms with Crippen LogP contribution in [0.5, 0.6) is 0 Å². The number of anilines is 1. The molecule has 2 saturated heterocycles. The lowest BCUT2D eigenvalue weighted by molar-refractivity contribution is -0.389. The molecule has 2 aliphatic heterocycles. The third-order valence-electron chi connectivity index (χ3n) is 4.52. The van der Waals surface area contributed by atoms with Gasteiger partial charge in [0, 0.05) is 38.8 Å². The summed E-state index contributed by atoms with van der Waals surface area (Å²) in [5, 5.41) is 10.6. The summed E-state index contributed by atoms with van der Waals surface area (Å²) in [6.07, 6.45) is 3.93. The van der Waals surface area contributed by atoms with E-state index in [-0.39, 0.29) is 5.82 Å². The number of aromatic nitrogens is 1. The maximum absolute atomic E-state index is 10.6. The summed E-state index contributed by atoms with van der Waals surface area (Å²) in [6, 6.07) is 3.28. The molecule has 1 aromatic heterocycles. The summed E-state index contributed by atoms with van der Waals surface area (Å²) in [5.41, 5.74) is 0.982. The summed E-state index contributed by atoms with van der Waals surface area (Å²) >= 11 is 0. The second kappa shape index (κ2) is 7.02. The number of nitrogens with zero attached hydrogens (tertiary/aromatic N) is 4. The van der Waals surface area contributed by atoms with Gasteiger partial charge in [0.15, 0.2) is 6.20 Å². The van der Waals surface area contributed by atoms with Crippen LogP contribution >= 0.6 is 0 Å². The van der Waals surface area contributed by atoms with Crippen molar-refractivity contribution in [3.63, 3.8) is 0 Å². The Bertz CT molecular complexity index is 494. The molecule has 0 N–H and O–H groups in total. The summed E-state index contributed by atoms with van der Waals surface area (Å²) in [6.45, 7) is 6.96. The van der Waals surface area contributed by atoms with Gasteiger partial charge in [-0.1, -0.05) is 0 Å². The van der Waals surface area contributed by atoms with E-state index in [9.17, 15) is 10.1 Å². The molecule has 22 heavy (non-hydrogen) atoms. The second-order valence-corrected chi connectivity index (χ2v) is 5.98. The maximum atomic E-state index is 10.6. The molecule has 3 rings (SSSR count). The van der Waals surface area contributed by atoms with Crippen LogP contribution in [0.3, 0.4) is 0 Å². The zero-order valence-electron chi connectivity index (χ0n) is 12.7. The minimum Gasteiger partial charge on any atom is -0.379 e. The molecule has 2 aliphatic rings. The molecule has 0 unspecified atom stereocenters. The smallest absolute Gasteiger partial charge is 0.363 e. The van der Waals surface area contributed by atoms with Gasteiger partial charge < -0.3 is 19.8 Å². The molecule has 0 bridgehead atoms. The van der Waals surface area contributed by atoms with Crippen LogP contribution in [0, 0.1) is 16.0 Å². The highest BCUT2D eigenvalue weighted by Crippen LogP contribution is 2.24. The van der Waals surface area contributed by atoms with Crippen molar-refractivity contribution in [2.24, 2.45) is 5.92 Å². The van der Waals surface area contributed by atoms with Gasteiger partial charge in [0.2, 0.25) is 0 Å². The lowest BCUT2D eigenvalue weighted by atomic mass is 9.95. The van der Waals surface area contributed by atoms with E-state index in [0.717, 1.165) is 70.4 Å². The van der Waals surface area contributed by atoms with Gasteiger partial charge in [-0.3, -0.25) is 4.90 Å². The summed E-state index contributed by atoms with van der Waals surface area (Å²) in [4.78, 5) is 18.8. The minimum absolute atomic E-state index is 0.0917. The Morgan fingerprint density at radius 2 is 1.95 bits per heavy atom. The van der Waals surface area contributed by atoms with Crippen LogP contribution in [0.2, 0.25) is 0 Å². The predicted molar refractivity (Wildman–Crippen MR) is 83.1 cm³/mol. The first-order chi connectivity index (χ1) is 10.7. The zero-order chi connectivity index (χ0) is 15.4. The third kappa shape index (κ3) is 3.72. The van der Waals surface area contributed by atoms with Crippen molar-refractivity contribution in [2.45, 2.75) is 12.8 Å². The van der Waals surface area contributed by atoms with Crippen molar-refractivity contribution >= 4 is 11.5 Å². The molecule has 2 fully saturated rings. The first kappa shape index (κ1) is 15.2. The number of ether oxygens (including phenoxy) is 1. The lowest BCUT2D eigenvalue weighted by Crippen LogP contribution is -2.42. The Hall–Kier alpha value is -1.73. The average Bonchev–Trinajstić information content (AvgIpc) is 2.57. The van der Waals surface area contributed by atoms with Crippen LogP contribution in [-0.4, -0.2) is 60.7 Å². The van der Waals surface area contributed by atoms with Crippen LogP contribution < -0.4 is 4.90 Å². The fourth-order valence-corrected chi connectivity index (χ4v) is 3.20. The molecule has 1 aromatic rings. The zero-order valence-corrected chi connectivity index (χ0v) is 12.7. The summed E-state index contributed by atoms with van der Waals surface area (Å²) < 4.78 is 5.39. The van der Waals surface area contributed by atoms with Gasteiger partial charge in [-0.15, -0.1) is 0 Å². The first-order valence-corrected chi connectivity index (χ1v) is 7.88. The van der Waals surface area contributed by atoms with Crippen molar-refractivity contribution in [1.82, 2.24) is 9.88 Å². The number of hydrogen-bond donors (Lipinski definition) is 0. The number of hydrogen-bond acceptors (Lipinski definition) is 6. The Kier molecular flexibility index (Phi) is 4.84. The average molecular weight is 306 g/mol. The fourth-order valence-electron chi connectivity index (χ4n) is 3.20. The van der Waals surface area contributed by atoms with E-state index in [1.165, 1.54) is 6.07 Å². The Morgan fingerprint density at radius 3 is 2.55 bits per heavy atom. The molecule has 0 spiro atoms. The van der Waals surface area contributed by atoms with Crippen molar-refractivity contribution < 1.29 is 9.66 Å². The van der Waals surface area contributed by atoms with E-state index in [4.69, 9.17) is 4.74 Å². The Balaban J connectivity index is 1.49. The molecule has 3 heterocycles. The minimum atomic E-state index is -0.460. The molecule has 0 aromatic carbocycles. The number of piperidine rings is 1. The summed E-state index contributed by atoms with van der Waals surface area (Å²) in [5.74, 6) is 0.645. The maximum Gasteiger partial charge on any atom is 0.363 e. The number of morpholine rings is 1. The van der Waals surface area contributed by atoms with Crippen LogP contribution in [0.25, 0.3) is 0 Å². The SMILES string of the molecule is O=[N+]([O-])c1ccc(N2CCC(CN3CCOCC3)CC2)cn1. The highest BCUT2D eigenvalue weighted by atomic mass is 16.6. The second-order valence-electron chi connectivity index (χ2n) is 5.98. The van der Waals surface area contributed by atoms with Crippen LogP contribution in [-0.2, 0) is 4.74 Å². The fraction of sp³-hybridized carbons (Fsp3) is 0.667. The highest BCUT2D eigenvalue weighted by molar-refractivity contribution is 5.46. The van der Waals surface area contributed by atoms with Crippen molar-refractivity contribution in [2.75, 3.05) is 50.8 Å². The molecule has 0 amide bonds. The van der Waals surface area contributed by atoms with Gasteiger partial charge >= 0.3 is 5.82 Å². The van der Waals surface area contributed by atoms with Crippen LogP contribution in [0.1, 0.15) is 12.8 Å². The standard InChI is InChI=1S/C15H22N4O3/c20-19(21)15-2-1-14(11-16-15)18-5-3-13(4-6-18)12-17-7-9-22-10-8-17/h1-2,11,13H,3-10,12H2. The van der Waals surface area contributed by atoms with Crippen molar-refractivity contribution in [1.29, 1.82) is 0 Å². The molecule has 0 atom stereocenters. The molecule has 0 saturated carbocycles.